The van der Waals surface area contributed by atoms with Crippen molar-refractivity contribution in [3.63, 3.8) is 0 Å². The minimum atomic E-state index is -1.36. The highest BCUT2D eigenvalue weighted by Gasteiger charge is 2.39. The van der Waals surface area contributed by atoms with Crippen molar-refractivity contribution in [3.05, 3.63) is 52.5 Å². The highest BCUT2D eigenvalue weighted by molar-refractivity contribution is 6.35. The monoisotopic (exact) mass is 435 g/mol. The lowest BCUT2D eigenvalue weighted by molar-refractivity contribution is -0.139. The largest absolute Gasteiger partial charge is 0.468 e. The molecule has 0 spiro atoms. The summed E-state index contributed by atoms with van der Waals surface area (Å²) in [6.07, 6.45) is -0.637. The van der Waals surface area contributed by atoms with Crippen molar-refractivity contribution in [2.75, 3.05) is 23.3 Å². The molecule has 0 radical (unpaired) electrons. The first kappa shape index (κ1) is 21.0. The molecule has 1 atom stereocenters. The SMILES string of the molecule is CCCNC(=O)C1Oc2ccccc2N(CC(=O)Nc2cc(Cl)cc(Cl)c2)C1=O. The fraction of sp³-hybridized carbons (Fsp3) is 0.250. The number of rotatable bonds is 6. The molecule has 9 heteroatoms. The molecule has 2 N–H and O–H groups in total. The predicted octanol–water partition coefficient (Wildman–Crippen LogP) is 3.25. The van der Waals surface area contributed by atoms with Gasteiger partial charge in [-0.3, -0.25) is 19.3 Å². The lowest BCUT2D eigenvalue weighted by Gasteiger charge is -2.33. The molecule has 0 saturated carbocycles. The summed E-state index contributed by atoms with van der Waals surface area (Å²) in [5.74, 6) is -1.28. The summed E-state index contributed by atoms with van der Waals surface area (Å²) >= 11 is 11.9. The van der Waals surface area contributed by atoms with Gasteiger partial charge in [0.1, 0.15) is 12.3 Å². The van der Waals surface area contributed by atoms with Crippen LogP contribution in [0, 0.1) is 0 Å². The third kappa shape index (κ3) is 4.99. The molecule has 152 valence electrons. The number of hydrogen-bond acceptors (Lipinski definition) is 4. The third-order valence-electron chi connectivity index (χ3n) is 4.13. The second kappa shape index (κ2) is 9.15. The van der Waals surface area contributed by atoms with E-state index in [9.17, 15) is 14.4 Å². The number of hydrogen-bond donors (Lipinski definition) is 2. The summed E-state index contributed by atoms with van der Waals surface area (Å²) < 4.78 is 5.59. The van der Waals surface area contributed by atoms with E-state index in [2.05, 4.69) is 10.6 Å². The molecule has 1 unspecified atom stereocenters. The maximum Gasteiger partial charge on any atom is 0.278 e. The molecule has 29 heavy (non-hydrogen) atoms. The van der Waals surface area contributed by atoms with E-state index in [1.807, 2.05) is 6.92 Å². The van der Waals surface area contributed by atoms with Crippen LogP contribution in [0.1, 0.15) is 13.3 Å². The number of para-hydroxylation sites is 2. The molecule has 1 aliphatic heterocycles. The number of nitrogens with one attached hydrogen (secondary N) is 2. The number of carbonyl (C=O) groups excluding carboxylic acids is 3. The maximum absolute atomic E-state index is 12.9. The number of ether oxygens (including phenoxy) is 1. The maximum atomic E-state index is 12.9. The molecule has 2 aromatic rings. The molecule has 2 aromatic carbocycles. The van der Waals surface area contributed by atoms with Crippen molar-refractivity contribution in [1.29, 1.82) is 0 Å². The Labute approximate surface area is 177 Å². The van der Waals surface area contributed by atoms with Gasteiger partial charge in [0.2, 0.25) is 5.91 Å². The zero-order valence-corrected chi connectivity index (χ0v) is 17.1. The summed E-state index contributed by atoms with van der Waals surface area (Å²) in [5.41, 5.74) is 0.815. The average Bonchev–Trinajstić information content (AvgIpc) is 2.67. The van der Waals surface area contributed by atoms with Crippen LogP contribution in [0.25, 0.3) is 0 Å². The molecule has 3 rings (SSSR count). The molecule has 3 amide bonds. The lowest BCUT2D eigenvalue weighted by atomic mass is 10.1. The Bertz CT molecular complexity index is 931. The lowest BCUT2D eigenvalue weighted by Crippen LogP contribution is -2.55. The molecule has 0 fully saturated rings. The van der Waals surface area contributed by atoms with Crippen molar-refractivity contribution in [1.82, 2.24) is 5.32 Å². The van der Waals surface area contributed by atoms with Crippen LogP contribution in [-0.2, 0) is 14.4 Å². The third-order valence-corrected chi connectivity index (χ3v) is 4.56. The standard InChI is InChI=1S/C20H19Cl2N3O4/c1-2-7-23-19(27)18-20(28)25(15-5-3-4-6-16(15)29-18)11-17(26)24-14-9-12(21)8-13(22)10-14/h3-6,8-10,18H,2,7,11H2,1H3,(H,23,27)(H,24,26). The van der Waals surface area contributed by atoms with Crippen LogP contribution in [-0.4, -0.2) is 36.9 Å². The molecule has 0 aliphatic carbocycles. The number of carbonyl (C=O) groups is 3. The van der Waals surface area contributed by atoms with E-state index in [0.717, 1.165) is 6.42 Å². The normalized spacial score (nSPS) is 15.3. The molecule has 1 heterocycles. The summed E-state index contributed by atoms with van der Waals surface area (Å²) in [4.78, 5) is 39.1. The highest BCUT2D eigenvalue weighted by Crippen LogP contribution is 2.33. The Morgan fingerprint density at radius 3 is 2.52 bits per heavy atom. The number of anilines is 2. The zero-order valence-electron chi connectivity index (χ0n) is 15.6. The van der Waals surface area contributed by atoms with E-state index in [1.54, 1.807) is 42.5 Å². The van der Waals surface area contributed by atoms with E-state index < -0.39 is 23.8 Å². The molecule has 7 nitrogen and oxygen atoms in total. The van der Waals surface area contributed by atoms with Crippen molar-refractivity contribution < 1.29 is 19.1 Å². The van der Waals surface area contributed by atoms with Crippen LogP contribution in [0.15, 0.2) is 42.5 Å². The first-order valence-corrected chi connectivity index (χ1v) is 9.75. The second-order valence-electron chi connectivity index (χ2n) is 6.39. The van der Waals surface area contributed by atoms with Gasteiger partial charge in [0, 0.05) is 22.3 Å². The van der Waals surface area contributed by atoms with Gasteiger partial charge in [0.05, 0.1) is 5.69 Å². The minimum absolute atomic E-state index is 0.305. The van der Waals surface area contributed by atoms with Crippen LogP contribution >= 0.6 is 23.2 Å². The number of amides is 3. The fourth-order valence-corrected chi connectivity index (χ4v) is 3.38. The van der Waals surface area contributed by atoms with Crippen LogP contribution < -0.4 is 20.3 Å². The van der Waals surface area contributed by atoms with E-state index in [0.29, 0.717) is 33.7 Å². The number of halogens is 2. The number of nitrogens with zero attached hydrogens (tertiary/aromatic N) is 1. The topological polar surface area (TPSA) is 87.7 Å². The van der Waals surface area contributed by atoms with Gasteiger partial charge in [-0.2, -0.15) is 0 Å². The van der Waals surface area contributed by atoms with E-state index in [1.165, 1.54) is 4.90 Å². The highest BCUT2D eigenvalue weighted by atomic mass is 35.5. The fourth-order valence-electron chi connectivity index (χ4n) is 2.86. The molecule has 0 bridgehead atoms. The van der Waals surface area contributed by atoms with Gasteiger partial charge in [-0.1, -0.05) is 42.3 Å². The van der Waals surface area contributed by atoms with Crippen molar-refractivity contribution in [2.24, 2.45) is 0 Å². The Balaban J connectivity index is 1.81. The molecule has 1 aliphatic rings. The summed E-state index contributed by atoms with van der Waals surface area (Å²) in [5, 5.41) is 6.04. The van der Waals surface area contributed by atoms with Crippen LogP contribution in [0.2, 0.25) is 10.0 Å². The van der Waals surface area contributed by atoms with Gasteiger partial charge in [0.25, 0.3) is 17.9 Å². The van der Waals surface area contributed by atoms with Gasteiger partial charge < -0.3 is 15.4 Å². The van der Waals surface area contributed by atoms with Gasteiger partial charge in [-0.15, -0.1) is 0 Å². The number of fused-ring (bicyclic) bond motifs is 1. The second-order valence-corrected chi connectivity index (χ2v) is 7.26. The molecule has 0 saturated heterocycles. The molecule has 0 aromatic heterocycles. The quantitative estimate of drug-likeness (QED) is 0.681. The zero-order chi connectivity index (χ0) is 21.0. The molecular weight excluding hydrogens is 417 g/mol. The minimum Gasteiger partial charge on any atom is -0.468 e. The Morgan fingerprint density at radius 2 is 1.83 bits per heavy atom. The first-order valence-electron chi connectivity index (χ1n) is 8.99. The van der Waals surface area contributed by atoms with Crippen molar-refractivity contribution in [3.8, 4) is 5.75 Å². The van der Waals surface area contributed by atoms with Crippen LogP contribution in [0.5, 0.6) is 5.75 Å². The van der Waals surface area contributed by atoms with Gasteiger partial charge in [-0.25, -0.2) is 0 Å². The van der Waals surface area contributed by atoms with E-state index in [-0.39, 0.29) is 6.54 Å². The average molecular weight is 436 g/mol. The summed E-state index contributed by atoms with van der Waals surface area (Å²) in [6, 6.07) is 11.4. The summed E-state index contributed by atoms with van der Waals surface area (Å²) in [7, 11) is 0. The molecular formula is C20H19Cl2N3O4. The van der Waals surface area contributed by atoms with Gasteiger partial charge >= 0.3 is 0 Å². The predicted molar refractivity (Wildman–Crippen MR) is 112 cm³/mol. The van der Waals surface area contributed by atoms with E-state index >= 15 is 0 Å². The first-order chi connectivity index (χ1) is 13.9. The van der Waals surface area contributed by atoms with Gasteiger partial charge in [0.15, 0.2) is 0 Å². The number of benzene rings is 2. The van der Waals surface area contributed by atoms with Crippen LogP contribution in [0.4, 0.5) is 11.4 Å². The van der Waals surface area contributed by atoms with Crippen molar-refractivity contribution in [2.45, 2.75) is 19.4 Å². The smallest absolute Gasteiger partial charge is 0.278 e. The Hall–Kier alpha value is -2.77. The Morgan fingerprint density at radius 1 is 1.14 bits per heavy atom. The van der Waals surface area contributed by atoms with E-state index in [4.69, 9.17) is 27.9 Å². The summed E-state index contributed by atoms with van der Waals surface area (Å²) in [6.45, 7) is 2.02. The van der Waals surface area contributed by atoms with Crippen LogP contribution in [0.3, 0.4) is 0 Å². The van der Waals surface area contributed by atoms with Gasteiger partial charge in [-0.05, 0) is 36.8 Å². The van der Waals surface area contributed by atoms with Crippen molar-refractivity contribution >= 4 is 52.3 Å². The Kier molecular flexibility index (Phi) is 6.61.